The van der Waals surface area contributed by atoms with Crippen LogP contribution in [0.3, 0.4) is 0 Å². The van der Waals surface area contributed by atoms with Crippen molar-refractivity contribution in [2.24, 2.45) is 5.73 Å². The maximum atomic E-state index is 10.8. The molecule has 1 aliphatic heterocycles. The molecule has 6 heteroatoms. The Morgan fingerprint density at radius 3 is 2.85 bits per heavy atom. The van der Waals surface area contributed by atoms with Crippen LogP contribution in [0.5, 0.6) is 0 Å². The van der Waals surface area contributed by atoms with E-state index in [4.69, 9.17) is 16.2 Å². The van der Waals surface area contributed by atoms with Gasteiger partial charge in [0.05, 0.1) is 18.3 Å². The van der Waals surface area contributed by atoms with E-state index in [0.717, 1.165) is 19.2 Å². The van der Waals surface area contributed by atoms with Crippen LogP contribution in [0.4, 0.5) is 4.79 Å². The zero-order valence-corrected chi connectivity index (χ0v) is 7.96. The highest BCUT2D eigenvalue weighted by molar-refractivity contribution is 8.00. The molecule has 0 spiro atoms. The number of thioether (sulfide) groups is 1. The first-order valence-electron chi connectivity index (χ1n) is 4.03. The molecular formula is C7H13N3O2S. The number of carbonyl (C=O) groups excluding carboxylic acids is 1. The predicted molar refractivity (Wildman–Crippen MR) is 51.7 cm³/mol. The molecule has 5 nitrogen and oxygen atoms in total. The Balaban J connectivity index is 2.52. The number of amides is 2. The minimum absolute atomic E-state index is 0.0767. The van der Waals surface area contributed by atoms with Gasteiger partial charge in [-0.3, -0.25) is 10.3 Å². The molecule has 1 aliphatic rings. The van der Waals surface area contributed by atoms with Crippen LogP contribution < -0.4 is 5.73 Å². The zero-order valence-electron chi connectivity index (χ0n) is 7.14. The van der Waals surface area contributed by atoms with Crippen molar-refractivity contribution in [3.63, 3.8) is 0 Å². The molecule has 1 heterocycles. The smallest absolute Gasteiger partial charge is 0.320 e. The molecule has 2 unspecified atom stereocenters. The summed E-state index contributed by atoms with van der Waals surface area (Å²) in [6.07, 6.45) is 2.59. The number of nitrogens with one attached hydrogen (secondary N) is 1. The van der Waals surface area contributed by atoms with Crippen molar-refractivity contribution >= 4 is 24.1 Å². The van der Waals surface area contributed by atoms with Crippen molar-refractivity contribution in [1.29, 1.82) is 5.41 Å². The summed E-state index contributed by atoms with van der Waals surface area (Å²) in [7, 11) is 0. The fourth-order valence-electron chi connectivity index (χ4n) is 1.31. The molecule has 0 aliphatic carbocycles. The Morgan fingerprint density at radius 2 is 2.46 bits per heavy atom. The van der Waals surface area contributed by atoms with Crippen molar-refractivity contribution in [1.82, 2.24) is 4.90 Å². The number of urea groups is 1. The van der Waals surface area contributed by atoms with Crippen LogP contribution in [0.2, 0.25) is 0 Å². The first-order chi connectivity index (χ1) is 6.19. The Bertz CT molecular complexity index is 212. The summed E-state index contributed by atoms with van der Waals surface area (Å²) in [6.45, 7) is 0.117. The van der Waals surface area contributed by atoms with E-state index in [-0.39, 0.29) is 17.2 Å². The topological polar surface area (TPSA) is 90.4 Å². The molecule has 2 atom stereocenters. The van der Waals surface area contributed by atoms with Crippen molar-refractivity contribution < 1.29 is 9.90 Å². The monoisotopic (exact) mass is 203 g/mol. The van der Waals surface area contributed by atoms with Gasteiger partial charge in [0.1, 0.15) is 0 Å². The summed E-state index contributed by atoms with van der Waals surface area (Å²) in [5, 5.41) is 16.0. The zero-order chi connectivity index (χ0) is 9.84. The maximum absolute atomic E-state index is 10.8. The molecule has 1 fully saturated rings. The maximum Gasteiger partial charge on any atom is 0.320 e. The van der Waals surface area contributed by atoms with E-state index in [1.807, 2.05) is 0 Å². The molecule has 0 aromatic heterocycles. The Morgan fingerprint density at radius 1 is 1.77 bits per heavy atom. The lowest BCUT2D eigenvalue weighted by molar-refractivity contribution is 0.228. The lowest BCUT2D eigenvalue weighted by Crippen LogP contribution is -2.39. The van der Waals surface area contributed by atoms with E-state index < -0.39 is 6.03 Å². The molecule has 74 valence electrons. The predicted octanol–water partition coefficient (Wildman–Crippen LogP) is 0.188. The quantitative estimate of drug-likeness (QED) is 0.451. The second-order valence-corrected chi connectivity index (χ2v) is 4.33. The number of primary amides is 1. The van der Waals surface area contributed by atoms with E-state index in [2.05, 4.69) is 0 Å². The number of aliphatic hydroxyl groups excluding tert-OH is 1. The molecule has 0 radical (unpaired) electrons. The number of hydrogen-bond acceptors (Lipinski definition) is 4. The standard InChI is InChI=1S/C7H13N3O2S/c8-4-10(7(9)12)6-2-1-5(3-11)13-6/h4-6,8,11H,1-3H2,(H2,9,12). The van der Waals surface area contributed by atoms with E-state index in [0.29, 0.717) is 0 Å². The van der Waals surface area contributed by atoms with Crippen LogP contribution in [0.1, 0.15) is 12.8 Å². The van der Waals surface area contributed by atoms with Gasteiger partial charge in [-0.2, -0.15) is 0 Å². The lowest BCUT2D eigenvalue weighted by Gasteiger charge is -2.21. The van der Waals surface area contributed by atoms with Gasteiger partial charge >= 0.3 is 6.03 Å². The normalized spacial score (nSPS) is 27.2. The summed E-state index contributed by atoms with van der Waals surface area (Å²) < 4.78 is 0. The summed E-state index contributed by atoms with van der Waals surface area (Å²) in [6, 6.07) is -0.605. The van der Waals surface area contributed by atoms with Crippen molar-refractivity contribution in [3.8, 4) is 0 Å². The first-order valence-corrected chi connectivity index (χ1v) is 4.98. The number of hydrogen-bond donors (Lipinski definition) is 3. The molecule has 0 saturated carbocycles. The van der Waals surface area contributed by atoms with Gasteiger partial charge in [0.25, 0.3) is 0 Å². The van der Waals surface area contributed by atoms with E-state index in [1.165, 1.54) is 16.7 Å². The van der Waals surface area contributed by atoms with Crippen LogP contribution in [0, 0.1) is 5.41 Å². The molecule has 2 amide bonds. The molecule has 1 rings (SSSR count). The van der Waals surface area contributed by atoms with Crippen LogP contribution in [-0.2, 0) is 0 Å². The second kappa shape index (κ2) is 4.48. The van der Waals surface area contributed by atoms with Gasteiger partial charge in [-0.05, 0) is 12.8 Å². The lowest BCUT2D eigenvalue weighted by atomic mass is 10.2. The third kappa shape index (κ3) is 2.35. The van der Waals surface area contributed by atoms with Gasteiger partial charge < -0.3 is 10.8 Å². The van der Waals surface area contributed by atoms with Crippen LogP contribution in [0.15, 0.2) is 0 Å². The van der Waals surface area contributed by atoms with Gasteiger partial charge in [-0.25, -0.2) is 4.79 Å². The SMILES string of the molecule is N=CN(C(N)=O)C1CCC(CO)S1. The highest BCUT2D eigenvalue weighted by atomic mass is 32.2. The molecule has 0 bridgehead atoms. The van der Waals surface area contributed by atoms with E-state index >= 15 is 0 Å². The van der Waals surface area contributed by atoms with Crippen LogP contribution in [-0.4, -0.2) is 39.6 Å². The summed E-state index contributed by atoms with van der Waals surface area (Å²) in [5.74, 6) is 0. The third-order valence-corrected chi connectivity index (χ3v) is 3.54. The average molecular weight is 203 g/mol. The second-order valence-electron chi connectivity index (χ2n) is 2.85. The largest absolute Gasteiger partial charge is 0.395 e. The van der Waals surface area contributed by atoms with E-state index in [1.54, 1.807) is 0 Å². The Hall–Kier alpha value is -0.750. The molecule has 1 saturated heterocycles. The number of aliphatic hydroxyl groups is 1. The number of rotatable bonds is 3. The Labute approximate surface area is 80.8 Å². The van der Waals surface area contributed by atoms with Gasteiger partial charge in [0.2, 0.25) is 0 Å². The fourth-order valence-corrected chi connectivity index (χ4v) is 2.68. The van der Waals surface area contributed by atoms with Gasteiger partial charge in [-0.1, -0.05) is 0 Å². The van der Waals surface area contributed by atoms with Gasteiger partial charge in [-0.15, -0.1) is 11.8 Å². The fraction of sp³-hybridized carbons (Fsp3) is 0.714. The molecule has 0 aromatic rings. The molecule has 13 heavy (non-hydrogen) atoms. The first kappa shape index (κ1) is 10.3. The highest BCUT2D eigenvalue weighted by Gasteiger charge is 2.30. The number of carbonyl (C=O) groups is 1. The molecular weight excluding hydrogens is 190 g/mol. The minimum Gasteiger partial charge on any atom is -0.395 e. The van der Waals surface area contributed by atoms with Crippen LogP contribution in [0.25, 0.3) is 0 Å². The minimum atomic E-state index is -0.605. The highest BCUT2D eigenvalue weighted by Crippen LogP contribution is 2.34. The van der Waals surface area contributed by atoms with Crippen molar-refractivity contribution in [2.45, 2.75) is 23.5 Å². The number of nitrogens with zero attached hydrogens (tertiary/aromatic N) is 1. The molecule has 0 aromatic carbocycles. The van der Waals surface area contributed by atoms with E-state index in [9.17, 15) is 4.79 Å². The number of nitrogens with two attached hydrogens (primary N) is 1. The summed E-state index contributed by atoms with van der Waals surface area (Å²) in [4.78, 5) is 12.0. The third-order valence-electron chi connectivity index (χ3n) is 1.99. The summed E-state index contributed by atoms with van der Waals surface area (Å²) in [5.41, 5.74) is 5.07. The Kier molecular flexibility index (Phi) is 3.56. The van der Waals surface area contributed by atoms with Crippen molar-refractivity contribution in [2.75, 3.05) is 6.61 Å². The van der Waals surface area contributed by atoms with Gasteiger partial charge in [0.15, 0.2) is 0 Å². The summed E-state index contributed by atoms with van der Waals surface area (Å²) >= 11 is 1.50. The van der Waals surface area contributed by atoms with Gasteiger partial charge in [0, 0.05) is 5.25 Å². The van der Waals surface area contributed by atoms with Crippen molar-refractivity contribution in [3.05, 3.63) is 0 Å². The molecule has 4 N–H and O–H groups in total. The van der Waals surface area contributed by atoms with Crippen LogP contribution >= 0.6 is 11.8 Å². The average Bonchev–Trinajstić information content (AvgIpc) is 2.53.